The van der Waals surface area contributed by atoms with Gasteiger partial charge in [-0.2, -0.15) is 18.3 Å². The molecule has 0 aliphatic heterocycles. The van der Waals surface area contributed by atoms with E-state index in [1.54, 1.807) is 36.4 Å². The number of nitrogens with zero attached hydrogens (tertiary/aromatic N) is 3. The second-order valence-corrected chi connectivity index (χ2v) is 10.2. The minimum absolute atomic E-state index is 0.0761. The summed E-state index contributed by atoms with van der Waals surface area (Å²) in [4.78, 5) is 4.16. The lowest BCUT2D eigenvalue weighted by Crippen LogP contribution is -2.17. The van der Waals surface area contributed by atoms with Gasteiger partial charge in [-0.05, 0) is 35.2 Å². The molecule has 1 N–H and O–H groups in total. The Kier molecular flexibility index (Phi) is 5.44. The van der Waals surface area contributed by atoms with Crippen LogP contribution in [0.5, 0.6) is 0 Å². The Labute approximate surface area is 189 Å². The van der Waals surface area contributed by atoms with Crippen molar-refractivity contribution in [3.63, 3.8) is 0 Å². The van der Waals surface area contributed by atoms with Gasteiger partial charge in [-0.15, -0.1) is 0 Å². The number of halogens is 3. The van der Waals surface area contributed by atoms with Crippen LogP contribution in [0.1, 0.15) is 32.0 Å². The first kappa shape index (κ1) is 22.8. The van der Waals surface area contributed by atoms with E-state index in [9.17, 15) is 21.6 Å². The Morgan fingerprint density at radius 2 is 1.61 bits per heavy atom. The second kappa shape index (κ2) is 7.87. The van der Waals surface area contributed by atoms with Crippen molar-refractivity contribution in [2.24, 2.45) is 0 Å². The number of fused-ring (bicyclic) bond motifs is 1. The number of alkyl halides is 3. The zero-order valence-electron chi connectivity index (χ0n) is 18.1. The molecule has 0 spiro atoms. The summed E-state index contributed by atoms with van der Waals surface area (Å²) in [6.45, 7) is 5.97. The fraction of sp³-hybridized carbons (Fsp3) is 0.217. The molecule has 2 aromatic carbocycles. The smallest absolute Gasteiger partial charge is 0.263 e. The molecule has 0 saturated heterocycles. The monoisotopic (exact) mass is 474 g/mol. The van der Waals surface area contributed by atoms with Crippen LogP contribution in [0.15, 0.2) is 71.8 Å². The molecule has 0 atom stereocenters. The van der Waals surface area contributed by atoms with Gasteiger partial charge in [0.15, 0.2) is 5.69 Å². The number of nitrogens with one attached hydrogen (secondary N) is 1. The fourth-order valence-electron chi connectivity index (χ4n) is 3.37. The summed E-state index contributed by atoms with van der Waals surface area (Å²) in [5, 5.41) is 4.32. The first-order valence-corrected chi connectivity index (χ1v) is 11.5. The van der Waals surface area contributed by atoms with Crippen LogP contribution in [-0.4, -0.2) is 23.2 Å². The summed E-state index contributed by atoms with van der Waals surface area (Å²) in [7, 11) is -4.19. The second-order valence-electron chi connectivity index (χ2n) is 8.56. The van der Waals surface area contributed by atoms with Gasteiger partial charge in [-0.1, -0.05) is 51.1 Å². The molecule has 0 amide bonds. The molecule has 2 heterocycles. The average Bonchev–Trinajstić information content (AvgIpc) is 3.16. The largest absolute Gasteiger partial charge is 0.435 e. The number of pyridine rings is 1. The van der Waals surface area contributed by atoms with Gasteiger partial charge < -0.3 is 0 Å². The van der Waals surface area contributed by atoms with Gasteiger partial charge in [-0.3, -0.25) is 9.71 Å². The van der Waals surface area contributed by atoms with Gasteiger partial charge in [0.2, 0.25) is 0 Å². The van der Waals surface area contributed by atoms with Crippen LogP contribution in [0, 0.1) is 0 Å². The Balaban J connectivity index is 1.81. The highest BCUT2D eigenvalue weighted by Crippen LogP contribution is 2.33. The van der Waals surface area contributed by atoms with Crippen LogP contribution < -0.4 is 4.72 Å². The molecule has 0 aliphatic rings. The Bertz CT molecular complexity index is 1420. The molecule has 0 saturated carbocycles. The summed E-state index contributed by atoms with van der Waals surface area (Å²) in [5.41, 5.74) is 0.109. The summed E-state index contributed by atoms with van der Waals surface area (Å²) >= 11 is 0. The van der Waals surface area contributed by atoms with Gasteiger partial charge in [0.05, 0.1) is 16.1 Å². The third-order valence-corrected chi connectivity index (χ3v) is 6.48. The van der Waals surface area contributed by atoms with Crippen molar-refractivity contribution in [3.05, 3.63) is 78.1 Å². The van der Waals surface area contributed by atoms with Crippen molar-refractivity contribution in [1.82, 2.24) is 14.8 Å². The van der Waals surface area contributed by atoms with Crippen LogP contribution in [0.25, 0.3) is 16.6 Å². The number of sulfonamides is 1. The van der Waals surface area contributed by atoms with E-state index in [4.69, 9.17) is 0 Å². The Morgan fingerprint density at radius 3 is 2.24 bits per heavy atom. The van der Waals surface area contributed by atoms with Gasteiger partial charge in [0.1, 0.15) is 5.82 Å². The number of benzene rings is 2. The molecule has 0 aliphatic carbocycles. The summed E-state index contributed by atoms with van der Waals surface area (Å²) in [5.74, 6) is -0.347. The molecule has 10 heteroatoms. The highest BCUT2D eigenvalue weighted by Gasteiger charge is 2.36. The molecule has 0 bridgehead atoms. The van der Waals surface area contributed by atoms with Gasteiger partial charge >= 0.3 is 6.18 Å². The lowest BCUT2D eigenvalue weighted by atomic mass is 9.87. The molecule has 0 radical (unpaired) electrons. The van der Waals surface area contributed by atoms with Crippen molar-refractivity contribution in [2.75, 3.05) is 4.72 Å². The topological polar surface area (TPSA) is 76.9 Å². The maximum atomic E-state index is 13.5. The van der Waals surface area contributed by atoms with Crippen molar-refractivity contribution < 1.29 is 21.6 Å². The normalized spacial score (nSPS) is 12.8. The maximum absolute atomic E-state index is 13.5. The quantitative estimate of drug-likeness (QED) is 0.422. The van der Waals surface area contributed by atoms with E-state index in [0.29, 0.717) is 17.0 Å². The van der Waals surface area contributed by atoms with Crippen molar-refractivity contribution in [1.29, 1.82) is 0 Å². The van der Waals surface area contributed by atoms with Crippen LogP contribution in [0.2, 0.25) is 0 Å². The first-order chi connectivity index (χ1) is 15.4. The predicted octanol–water partition coefficient (Wildman–Crippen LogP) is 5.54. The number of hydrogen-bond donors (Lipinski definition) is 1. The lowest BCUT2D eigenvalue weighted by molar-refractivity contribution is -0.141. The van der Waals surface area contributed by atoms with E-state index in [0.717, 1.165) is 10.2 Å². The van der Waals surface area contributed by atoms with E-state index in [1.807, 2.05) is 20.8 Å². The number of para-hydroxylation sites is 1. The van der Waals surface area contributed by atoms with E-state index in [1.165, 1.54) is 24.4 Å². The molecular formula is C23H21F3N4O2S. The van der Waals surface area contributed by atoms with Gasteiger partial charge in [0, 0.05) is 17.6 Å². The minimum Gasteiger partial charge on any atom is -0.263 e. The Hall–Kier alpha value is -3.40. The molecule has 4 rings (SSSR count). The number of rotatable bonds is 4. The van der Waals surface area contributed by atoms with Crippen LogP contribution in [0.3, 0.4) is 0 Å². The Morgan fingerprint density at radius 1 is 0.939 bits per heavy atom. The molecule has 172 valence electrons. The maximum Gasteiger partial charge on any atom is 0.435 e. The summed E-state index contributed by atoms with van der Waals surface area (Å²) in [6.07, 6.45) is -3.27. The third kappa shape index (κ3) is 4.56. The number of aromatic nitrogens is 3. The molecular weight excluding hydrogens is 453 g/mol. The molecule has 4 aromatic rings. The molecule has 6 nitrogen and oxygen atoms in total. The molecule has 0 fully saturated rings. The van der Waals surface area contributed by atoms with Crippen LogP contribution in [-0.2, 0) is 21.6 Å². The molecule has 0 unspecified atom stereocenters. The SMILES string of the molecule is CC(C)(C)c1ccc(S(=O)(=O)Nc2cc(C(F)(F)F)nn2-c2cccc3cccnc23)cc1. The zero-order valence-corrected chi connectivity index (χ0v) is 18.9. The first-order valence-electron chi connectivity index (χ1n) is 10.0. The molecule has 33 heavy (non-hydrogen) atoms. The van der Waals surface area contributed by atoms with Crippen LogP contribution >= 0.6 is 0 Å². The number of hydrogen-bond acceptors (Lipinski definition) is 4. The number of anilines is 1. The zero-order chi connectivity index (χ0) is 24.0. The highest BCUT2D eigenvalue weighted by atomic mass is 32.2. The van der Waals surface area contributed by atoms with Gasteiger partial charge in [0.25, 0.3) is 10.0 Å². The van der Waals surface area contributed by atoms with Crippen molar-refractivity contribution in [2.45, 2.75) is 37.3 Å². The standard InChI is InChI=1S/C23H21F3N4O2S/c1-22(2,3)16-9-11-17(12-10-16)33(31,32)29-20-14-19(23(24,25)26)28-30(20)18-8-4-6-15-7-5-13-27-21(15)18/h4-14,29H,1-3H3. The average molecular weight is 475 g/mol. The van der Waals surface area contributed by atoms with E-state index < -0.39 is 21.9 Å². The summed E-state index contributed by atoms with van der Waals surface area (Å²) < 4.78 is 69.6. The lowest BCUT2D eigenvalue weighted by Gasteiger charge is -2.19. The third-order valence-electron chi connectivity index (χ3n) is 5.11. The van der Waals surface area contributed by atoms with E-state index in [2.05, 4.69) is 14.8 Å². The van der Waals surface area contributed by atoms with E-state index in [-0.39, 0.29) is 21.8 Å². The van der Waals surface area contributed by atoms with Gasteiger partial charge in [-0.25, -0.2) is 13.1 Å². The fourth-order valence-corrected chi connectivity index (χ4v) is 4.40. The minimum atomic E-state index is -4.77. The highest BCUT2D eigenvalue weighted by molar-refractivity contribution is 7.92. The van der Waals surface area contributed by atoms with Crippen molar-refractivity contribution >= 4 is 26.7 Å². The van der Waals surface area contributed by atoms with Crippen LogP contribution in [0.4, 0.5) is 19.0 Å². The van der Waals surface area contributed by atoms with E-state index >= 15 is 0 Å². The molecule has 2 aromatic heterocycles. The summed E-state index contributed by atoms with van der Waals surface area (Å²) in [6, 6.07) is 15.2. The predicted molar refractivity (Wildman–Crippen MR) is 120 cm³/mol. The van der Waals surface area contributed by atoms with Crippen molar-refractivity contribution in [3.8, 4) is 5.69 Å².